The van der Waals surface area contributed by atoms with E-state index in [-0.39, 0.29) is 24.6 Å². The maximum atomic E-state index is 14.4. The largest absolute Gasteiger partial charge is 0.390 e. The highest BCUT2D eigenvalue weighted by Crippen LogP contribution is 2.37. The van der Waals surface area contributed by atoms with Gasteiger partial charge in [0.25, 0.3) is 0 Å². The number of hydrogen-bond acceptors (Lipinski definition) is 6. The number of fused-ring (bicyclic) bond motifs is 1. The number of aliphatic hydroxyl groups excluding tert-OH is 1. The lowest BCUT2D eigenvalue weighted by Crippen LogP contribution is -2.53. The zero-order valence-electron chi connectivity index (χ0n) is 16.7. The number of benzene rings is 1. The van der Waals surface area contributed by atoms with E-state index in [1.165, 1.54) is 12.3 Å². The van der Waals surface area contributed by atoms with Crippen LogP contribution < -0.4 is 10.2 Å². The van der Waals surface area contributed by atoms with Gasteiger partial charge in [0.15, 0.2) is 5.65 Å². The molecule has 0 spiro atoms. The lowest BCUT2D eigenvalue weighted by atomic mass is 10.0. The number of β-amino-alcohol motifs (C(OH)–C–C–N with tert-alkyl or cyclic N) is 1. The first-order valence-corrected chi connectivity index (χ1v) is 10.2. The summed E-state index contributed by atoms with van der Waals surface area (Å²) in [6, 6.07) is 4.98. The van der Waals surface area contributed by atoms with E-state index in [1.54, 1.807) is 16.8 Å². The number of nitrogens with one attached hydrogen (secondary N) is 1. The Morgan fingerprint density at radius 3 is 2.90 bits per heavy atom. The number of carbonyl (C=O) groups excluding carboxylic acids is 1. The number of rotatable bonds is 5. The number of amides is 1. The van der Waals surface area contributed by atoms with Gasteiger partial charge in [0.2, 0.25) is 5.91 Å². The Morgan fingerprint density at radius 1 is 1.26 bits per heavy atom. The van der Waals surface area contributed by atoms with Crippen molar-refractivity contribution in [2.75, 3.05) is 36.4 Å². The van der Waals surface area contributed by atoms with E-state index < -0.39 is 11.6 Å². The number of halogens is 2. The summed E-state index contributed by atoms with van der Waals surface area (Å²) in [5, 5.41) is 16.4. The maximum absolute atomic E-state index is 14.4. The Balaban J connectivity index is 1.39. The summed E-state index contributed by atoms with van der Waals surface area (Å²) in [5.74, 6) is -0.509. The fraction of sp³-hybridized carbons (Fsp3) is 0.381. The van der Waals surface area contributed by atoms with E-state index in [9.17, 15) is 18.7 Å². The van der Waals surface area contributed by atoms with Crippen molar-refractivity contribution in [2.45, 2.75) is 25.0 Å². The topological polar surface area (TPSA) is 86.0 Å². The van der Waals surface area contributed by atoms with Crippen LogP contribution in [0.2, 0.25) is 0 Å². The second kappa shape index (κ2) is 7.86. The van der Waals surface area contributed by atoms with Crippen LogP contribution in [0.3, 0.4) is 0 Å². The van der Waals surface area contributed by atoms with Crippen LogP contribution in [0.15, 0.2) is 36.7 Å². The highest BCUT2D eigenvalue weighted by Gasteiger charge is 2.30. The Labute approximate surface area is 177 Å². The average Bonchev–Trinajstić information content (AvgIpc) is 3.36. The van der Waals surface area contributed by atoms with Gasteiger partial charge in [0.05, 0.1) is 24.9 Å². The van der Waals surface area contributed by atoms with Gasteiger partial charge in [0.1, 0.15) is 23.1 Å². The summed E-state index contributed by atoms with van der Waals surface area (Å²) in [4.78, 5) is 20.8. The van der Waals surface area contributed by atoms with E-state index in [0.29, 0.717) is 48.8 Å². The summed E-state index contributed by atoms with van der Waals surface area (Å²) < 4.78 is 29.7. The zero-order chi connectivity index (χ0) is 21.5. The molecular weight excluding hydrogens is 406 g/mol. The molecule has 162 valence electrons. The number of anilines is 2. The molecule has 31 heavy (non-hydrogen) atoms. The second-order valence-electron chi connectivity index (χ2n) is 8.03. The van der Waals surface area contributed by atoms with Gasteiger partial charge in [-0.25, -0.2) is 18.3 Å². The van der Waals surface area contributed by atoms with Crippen molar-refractivity contribution >= 4 is 23.1 Å². The maximum Gasteiger partial charge on any atom is 0.238 e. The molecular formula is C21H22F2N6O2. The molecule has 2 aliphatic rings. The molecule has 0 bridgehead atoms. The van der Waals surface area contributed by atoms with Gasteiger partial charge in [-0.2, -0.15) is 5.10 Å². The van der Waals surface area contributed by atoms with Gasteiger partial charge in [-0.05, 0) is 37.1 Å². The van der Waals surface area contributed by atoms with Gasteiger partial charge in [-0.3, -0.25) is 9.69 Å². The summed E-state index contributed by atoms with van der Waals surface area (Å²) in [5.41, 5.74) is 1.26. The fourth-order valence-corrected chi connectivity index (χ4v) is 4.31. The van der Waals surface area contributed by atoms with Crippen molar-refractivity contribution in [3.63, 3.8) is 0 Å². The summed E-state index contributed by atoms with van der Waals surface area (Å²) >= 11 is 0. The third kappa shape index (κ3) is 3.84. The van der Waals surface area contributed by atoms with Crippen LogP contribution in [0.25, 0.3) is 5.65 Å². The van der Waals surface area contributed by atoms with Crippen molar-refractivity contribution in [1.29, 1.82) is 0 Å². The Bertz CT molecular complexity index is 1130. The standard InChI is InChI=1S/C21H22F2N6O2/c22-13-3-4-16(23)15(8-13)18-2-1-6-28(18)19-5-7-29-21(26-19)17(9-24-29)25-20(31)12-27-10-14(30)11-27/h3-5,7-9,14,18,30H,1-2,6,10-12H2,(H,25,31)/t18-/m1/s1. The van der Waals surface area contributed by atoms with Crippen molar-refractivity contribution < 1.29 is 18.7 Å². The van der Waals surface area contributed by atoms with Crippen molar-refractivity contribution in [2.24, 2.45) is 0 Å². The summed E-state index contributed by atoms with van der Waals surface area (Å²) in [6.45, 7) is 1.81. The van der Waals surface area contributed by atoms with Crippen molar-refractivity contribution in [3.05, 3.63) is 53.9 Å². The predicted octanol–water partition coefficient (Wildman–Crippen LogP) is 1.96. The minimum absolute atomic E-state index is 0.182. The van der Waals surface area contributed by atoms with Crippen LogP contribution in [0.4, 0.5) is 20.3 Å². The van der Waals surface area contributed by atoms with E-state index in [1.807, 2.05) is 9.80 Å². The molecule has 0 aliphatic carbocycles. The first-order chi connectivity index (χ1) is 15.0. The number of nitrogens with zero attached hydrogens (tertiary/aromatic N) is 5. The Hall–Kier alpha value is -3.11. The molecule has 2 saturated heterocycles. The second-order valence-corrected chi connectivity index (χ2v) is 8.03. The monoisotopic (exact) mass is 428 g/mol. The highest BCUT2D eigenvalue weighted by molar-refractivity contribution is 5.95. The van der Waals surface area contributed by atoms with Crippen LogP contribution in [-0.4, -0.2) is 62.8 Å². The third-order valence-corrected chi connectivity index (χ3v) is 5.80. The number of aliphatic hydroxyl groups is 1. The van der Waals surface area contributed by atoms with Crippen LogP contribution in [0.5, 0.6) is 0 Å². The smallest absolute Gasteiger partial charge is 0.238 e. The summed E-state index contributed by atoms with van der Waals surface area (Å²) in [6.07, 6.45) is 4.42. The molecule has 2 aromatic heterocycles. The lowest BCUT2D eigenvalue weighted by molar-refractivity contribution is -0.119. The molecule has 0 saturated carbocycles. The van der Waals surface area contributed by atoms with Gasteiger partial charge in [-0.1, -0.05) is 0 Å². The minimum Gasteiger partial charge on any atom is -0.390 e. The molecule has 1 amide bonds. The first kappa shape index (κ1) is 19.8. The molecule has 2 fully saturated rings. The van der Waals surface area contributed by atoms with Gasteiger partial charge in [-0.15, -0.1) is 0 Å². The molecule has 3 aromatic rings. The molecule has 0 radical (unpaired) electrons. The molecule has 1 atom stereocenters. The molecule has 1 aromatic carbocycles. The number of likely N-dealkylation sites (tertiary alicyclic amines) is 1. The van der Waals surface area contributed by atoms with Crippen LogP contribution >= 0.6 is 0 Å². The lowest BCUT2D eigenvalue weighted by Gasteiger charge is -2.34. The molecule has 10 heteroatoms. The average molecular weight is 428 g/mol. The Kier molecular flexibility index (Phi) is 5.03. The molecule has 0 unspecified atom stereocenters. The molecule has 5 rings (SSSR count). The normalized spacial score (nSPS) is 19.7. The fourth-order valence-electron chi connectivity index (χ4n) is 4.31. The van der Waals surface area contributed by atoms with Gasteiger partial charge >= 0.3 is 0 Å². The molecule has 2 aliphatic heterocycles. The third-order valence-electron chi connectivity index (χ3n) is 5.80. The number of hydrogen-bond donors (Lipinski definition) is 2. The Morgan fingerprint density at radius 2 is 2.10 bits per heavy atom. The van der Waals surface area contributed by atoms with Crippen LogP contribution in [-0.2, 0) is 4.79 Å². The number of carbonyl (C=O) groups is 1. The van der Waals surface area contributed by atoms with E-state index in [0.717, 1.165) is 18.6 Å². The van der Waals surface area contributed by atoms with Crippen LogP contribution in [0, 0.1) is 11.6 Å². The molecule has 2 N–H and O–H groups in total. The minimum atomic E-state index is -0.470. The van der Waals surface area contributed by atoms with Gasteiger partial charge in [0, 0.05) is 31.4 Å². The molecule has 4 heterocycles. The highest BCUT2D eigenvalue weighted by atomic mass is 19.1. The quantitative estimate of drug-likeness (QED) is 0.646. The van der Waals surface area contributed by atoms with Crippen LogP contribution in [0.1, 0.15) is 24.4 Å². The van der Waals surface area contributed by atoms with Gasteiger partial charge < -0.3 is 15.3 Å². The first-order valence-electron chi connectivity index (χ1n) is 10.2. The SMILES string of the molecule is O=C(CN1CC(O)C1)Nc1cnn2ccc(N3CCC[C@@H]3c3cc(F)ccc3F)nc12. The van der Waals surface area contributed by atoms with E-state index >= 15 is 0 Å². The van der Waals surface area contributed by atoms with Crippen molar-refractivity contribution in [3.8, 4) is 0 Å². The number of aromatic nitrogens is 3. The predicted molar refractivity (Wildman–Crippen MR) is 110 cm³/mol. The van der Waals surface area contributed by atoms with E-state index in [2.05, 4.69) is 15.4 Å². The molecule has 8 nitrogen and oxygen atoms in total. The summed E-state index contributed by atoms with van der Waals surface area (Å²) in [7, 11) is 0. The van der Waals surface area contributed by atoms with E-state index in [4.69, 9.17) is 0 Å². The van der Waals surface area contributed by atoms with Crippen molar-refractivity contribution in [1.82, 2.24) is 19.5 Å². The zero-order valence-corrected chi connectivity index (χ0v) is 16.7.